The molecule has 1 aliphatic rings. The quantitative estimate of drug-likeness (QED) is 0.766. The van der Waals surface area contributed by atoms with E-state index in [0.717, 1.165) is 22.3 Å². The molecule has 1 aliphatic carbocycles. The number of Topliss-reactive ketones (excluding diaryl/α,β-unsaturated/α-hetero) is 2. The van der Waals surface area contributed by atoms with Crippen molar-refractivity contribution in [3.63, 3.8) is 0 Å². The molecule has 1 unspecified atom stereocenters. The van der Waals surface area contributed by atoms with Gasteiger partial charge in [0.15, 0.2) is 11.6 Å². The Kier molecular flexibility index (Phi) is 6.07. The van der Waals surface area contributed by atoms with Crippen LogP contribution >= 0.6 is 0 Å². The zero-order chi connectivity index (χ0) is 18.6. The lowest BCUT2D eigenvalue weighted by Gasteiger charge is -2.15. The molecule has 0 radical (unpaired) electrons. The van der Waals surface area contributed by atoms with Crippen molar-refractivity contribution in [2.75, 3.05) is 0 Å². The summed E-state index contributed by atoms with van der Waals surface area (Å²) in [5.41, 5.74) is 9.64. The van der Waals surface area contributed by atoms with E-state index in [9.17, 15) is 14.4 Å². The Morgan fingerprint density at radius 1 is 1.16 bits per heavy atom. The highest BCUT2D eigenvalue weighted by atomic mass is 16.1. The summed E-state index contributed by atoms with van der Waals surface area (Å²) in [6.07, 6.45) is 3.56. The lowest BCUT2D eigenvalue weighted by atomic mass is 9.88. The normalized spacial score (nSPS) is 15.8. The van der Waals surface area contributed by atoms with E-state index in [1.165, 1.54) is 0 Å². The molecular formula is C21H25NO3. The highest BCUT2D eigenvalue weighted by molar-refractivity contribution is 6.01. The van der Waals surface area contributed by atoms with E-state index in [2.05, 4.69) is 0 Å². The van der Waals surface area contributed by atoms with Crippen LogP contribution in [0.3, 0.4) is 0 Å². The monoisotopic (exact) mass is 339 g/mol. The Bertz CT molecular complexity index is 754. The molecule has 1 amide bonds. The molecule has 2 N–H and O–H groups in total. The minimum absolute atomic E-state index is 0.0217. The lowest BCUT2D eigenvalue weighted by molar-refractivity contribution is -0.118. The number of nitrogens with two attached hydrogens (primary N) is 1. The van der Waals surface area contributed by atoms with Crippen LogP contribution in [0.25, 0.3) is 0 Å². The molecule has 1 aromatic rings. The molecular weight excluding hydrogens is 314 g/mol. The maximum Gasteiger partial charge on any atom is 0.218 e. The van der Waals surface area contributed by atoms with Crippen molar-refractivity contribution in [2.45, 2.75) is 52.4 Å². The molecule has 0 saturated carbocycles. The zero-order valence-corrected chi connectivity index (χ0v) is 15.1. The molecule has 0 aromatic heterocycles. The third-order valence-corrected chi connectivity index (χ3v) is 4.63. The van der Waals surface area contributed by atoms with E-state index in [0.29, 0.717) is 24.8 Å². The number of benzene rings is 1. The van der Waals surface area contributed by atoms with Gasteiger partial charge in [-0.25, -0.2) is 0 Å². The molecule has 1 aromatic carbocycles. The van der Waals surface area contributed by atoms with Crippen LogP contribution in [0.2, 0.25) is 0 Å². The molecule has 0 saturated heterocycles. The van der Waals surface area contributed by atoms with Crippen LogP contribution in [-0.4, -0.2) is 17.5 Å². The van der Waals surface area contributed by atoms with Crippen molar-refractivity contribution in [1.29, 1.82) is 0 Å². The van der Waals surface area contributed by atoms with Crippen molar-refractivity contribution >= 4 is 17.5 Å². The summed E-state index contributed by atoms with van der Waals surface area (Å²) in [4.78, 5) is 35.5. The molecule has 0 bridgehead atoms. The molecule has 0 spiro atoms. The first-order chi connectivity index (χ1) is 11.8. The van der Waals surface area contributed by atoms with Crippen molar-refractivity contribution in [2.24, 2.45) is 5.73 Å². The average Bonchev–Trinajstić information content (AvgIpc) is 2.53. The second-order valence-corrected chi connectivity index (χ2v) is 6.87. The second-order valence-electron chi connectivity index (χ2n) is 6.87. The molecule has 132 valence electrons. The molecule has 0 aliphatic heterocycles. The first-order valence-corrected chi connectivity index (χ1v) is 8.59. The van der Waals surface area contributed by atoms with Gasteiger partial charge in [0.05, 0.1) is 0 Å². The third kappa shape index (κ3) is 4.99. The van der Waals surface area contributed by atoms with E-state index in [4.69, 9.17) is 5.73 Å². The largest absolute Gasteiger partial charge is 0.370 e. The van der Waals surface area contributed by atoms with Gasteiger partial charge in [-0.15, -0.1) is 0 Å². The molecule has 2 rings (SSSR count). The smallest absolute Gasteiger partial charge is 0.218 e. The highest BCUT2D eigenvalue weighted by Gasteiger charge is 2.19. The summed E-state index contributed by atoms with van der Waals surface area (Å²) in [6, 6.07) is 7.29. The highest BCUT2D eigenvalue weighted by Crippen LogP contribution is 2.25. The first kappa shape index (κ1) is 18.8. The van der Waals surface area contributed by atoms with E-state index in [1.54, 1.807) is 12.1 Å². The fourth-order valence-corrected chi connectivity index (χ4v) is 3.22. The Morgan fingerprint density at radius 2 is 1.80 bits per heavy atom. The van der Waals surface area contributed by atoms with Gasteiger partial charge in [-0.3, -0.25) is 14.4 Å². The second kappa shape index (κ2) is 8.06. The van der Waals surface area contributed by atoms with Crippen LogP contribution in [0, 0.1) is 0 Å². The average molecular weight is 339 g/mol. The minimum atomic E-state index is -0.335. The molecule has 1 atom stereocenters. The van der Waals surface area contributed by atoms with Gasteiger partial charge in [-0.05, 0) is 42.9 Å². The molecule has 4 nitrogen and oxygen atoms in total. The molecule has 0 heterocycles. The van der Waals surface area contributed by atoms with Crippen LogP contribution in [0.15, 0.2) is 47.1 Å². The maximum absolute atomic E-state index is 12.4. The molecule has 0 fully saturated rings. The maximum atomic E-state index is 12.4. The van der Waals surface area contributed by atoms with Gasteiger partial charge in [0, 0.05) is 24.8 Å². The van der Waals surface area contributed by atoms with Gasteiger partial charge in [0.25, 0.3) is 0 Å². The minimum Gasteiger partial charge on any atom is -0.370 e. The van der Waals surface area contributed by atoms with E-state index >= 15 is 0 Å². The van der Waals surface area contributed by atoms with Crippen LogP contribution in [0.5, 0.6) is 0 Å². The number of allylic oxidation sites excluding steroid dienone is 4. The van der Waals surface area contributed by atoms with Crippen LogP contribution < -0.4 is 5.73 Å². The van der Waals surface area contributed by atoms with Crippen molar-refractivity contribution < 1.29 is 14.4 Å². The Labute approximate surface area is 148 Å². The van der Waals surface area contributed by atoms with Gasteiger partial charge in [-0.1, -0.05) is 42.8 Å². The van der Waals surface area contributed by atoms with E-state index in [1.807, 2.05) is 39.0 Å². The Balaban J connectivity index is 2.01. The van der Waals surface area contributed by atoms with Gasteiger partial charge in [0.1, 0.15) is 0 Å². The number of rotatable bonds is 7. The van der Waals surface area contributed by atoms with Crippen molar-refractivity contribution in [3.8, 4) is 0 Å². The number of hydrogen-bond donors (Lipinski definition) is 1. The number of carbonyl (C=O) groups is 3. The summed E-state index contributed by atoms with van der Waals surface area (Å²) < 4.78 is 0. The van der Waals surface area contributed by atoms with Gasteiger partial charge >= 0.3 is 0 Å². The number of hydrogen-bond acceptors (Lipinski definition) is 3. The number of carbonyl (C=O) groups excluding carboxylic acids is 3. The predicted octanol–water partition coefficient (Wildman–Crippen LogP) is 3.86. The predicted molar refractivity (Wildman–Crippen MR) is 98.3 cm³/mol. The summed E-state index contributed by atoms with van der Waals surface area (Å²) in [5, 5.41) is 0. The standard InChI is InChI=1S/C21H25NO3/c1-13-10-15(3)18(20(24)11-13)8-9-19(23)17-6-4-16(5-7-17)14(2)12-21(22)25/h4-7,10,14H,8-9,11-12H2,1-3H3,(H2,22,25). The molecule has 4 heteroatoms. The number of ketones is 2. The number of primary amides is 1. The Morgan fingerprint density at radius 3 is 2.36 bits per heavy atom. The van der Waals surface area contributed by atoms with Crippen LogP contribution in [0.1, 0.15) is 68.3 Å². The summed E-state index contributed by atoms with van der Waals surface area (Å²) in [5.74, 6) is -0.156. The van der Waals surface area contributed by atoms with Crippen LogP contribution in [-0.2, 0) is 9.59 Å². The topological polar surface area (TPSA) is 77.2 Å². The van der Waals surface area contributed by atoms with E-state index in [-0.39, 0.29) is 29.8 Å². The fraction of sp³-hybridized carbons (Fsp3) is 0.381. The zero-order valence-electron chi connectivity index (χ0n) is 15.1. The lowest BCUT2D eigenvalue weighted by Crippen LogP contribution is -2.14. The SMILES string of the molecule is CC1=CC(C)=C(CCC(=O)c2ccc(C(C)CC(N)=O)cc2)C(=O)C1. The van der Waals surface area contributed by atoms with Gasteiger partial charge < -0.3 is 5.73 Å². The van der Waals surface area contributed by atoms with Gasteiger partial charge in [-0.2, -0.15) is 0 Å². The Hall–Kier alpha value is -2.49. The molecule has 25 heavy (non-hydrogen) atoms. The van der Waals surface area contributed by atoms with Crippen molar-refractivity contribution in [1.82, 2.24) is 0 Å². The van der Waals surface area contributed by atoms with Crippen LogP contribution in [0.4, 0.5) is 0 Å². The third-order valence-electron chi connectivity index (χ3n) is 4.63. The first-order valence-electron chi connectivity index (χ1n) is 8.59. The van der Waals surface area contributed by atoms with Crippen molar-refractivity contribution in [3.05, 3.63) is 58.2 Å². The summed E-state index contributed by atoms with van der Waals surface area (Å²) in [7, 11) is 0. The van der Waals surface area contributed by atoms with E-state index < -0.39 is 0 Å². The van der Waals surface area contributed by atoms with Gasteiger partial charge in [0.2, 0.25) is 5.91 Å². The fourth-order valence-electron chi connectivity index (χ4n) is 3.22. The number of amides is 1. The summed E-state index contributed by atoms with van der Waals surface area (Å²) in [6.45, 7) is 5.81. The summed E-state index contributed by atoms with van der Waals surface area (Å²) >= 11 is 0.